The second-order valence-corrected chi connectivity index (χ2v) is 1.45. The van der Waals surface area contributed by atoms with Gasteiger partial charge in [0.05, 0.1) is 0 Å². The largest absolute Gasteiger partial charge is 0.418 e. The van der Waals surface area contributed by atoms with Crippen LogP contribution in [0, 0.1) is 0 Å². The highest BCUT2D eigenvalue weighted by molar-refractivity contribution is 4.67. The minimum Gasteiger partial charge on any atom is -0.416 e. The van der Waals surface area contributed by atoms with Crippen molar-refractivity contribution in [2.75, 3.05) is 0 Å². The van der Waals surface area contributed by atoms with Gasteiger partial charge in [0.1, 0.15) is 6.26 Å². The zero-order valence-electron chi connectivity index (χ0n) is 4.63. The summed E-state index contributed by atoms with van der Waals surface area (Å²) in [7, 11) is 0. The molecule has 0 aliphatic heterocycles. The SMILES string of the molecule is CCn1ccoc1=O. The first-order valence-corrected chi connectivity index (χ1v) is 2.48. The molecule has 1 heterocycles. The fraction of sp³-hybridized carbons (Fsp3) is 0.400. The van der Waals surface area contributed by atoms with Crippen LogP contribution < -0.4 is 5.76 Å². The van der Waals surface area contributed by atoms with Crippen molar-refractivity contribution >= 4 is 0 Å². The average Bonchev–Trinajstić information content (AvgIpc) is 2.14. The van der Waals surface area contributed by atoms with Crippen LogP contribution in [0.1, 0.15) is 6.92 Å². The van der Waals surface area contributed by atoms with Gasteiger partial charge in [-0.1, -0.05) is 0 Å². The van der Waals surface area contributed by atoms with E-state index in [0.29, 0.717) is 6.54 Å². The first-order valence-electron chi connectivity index (χ1n) is 2.48. The molecule has 0 saturated heterocycles. The molecule has 0 saturated carbocycles. The number of rotatable bonds is 1. The normalized spacial score (nSPS) is 9.62. The number of hydrogen-bond acceptors (Lipinski definition) is 2. The number of oxazole rings is 1. The summed E-state index contributed by atoms with van der Waals surface area (Å²) >= 11 is 0. The topological polar surface area (TPSA) is 35.1 Å². The Labute approximate surface area is 46.5 Å². The Bertz CT molecular complexity index is 210. The van der Waals surface area contributed by atoms with Crippen LogP contribution in [-0.4, -0.2) is 4.57 Å². The van der Waals surface area contributed by atoms with Crippen LogP contribution in [0.15, 0.2) is 21.7 Å². The molecule has 0 unspecified atom stereocenters. The van der Waals surface area contributed by atoms with Crippen LogP contribution in [-0.2, 0) is 6.54 Å². The van der Waals surface area contributed by atoms with Gasteiger partial charge in [0.15, 0.2) is 0 Å². The van der Waals surface area contributed by atoms with E-state index in [0.717, 1.165) is 0 Å². The van der Waals surface area contributed by atoms with Crippen LogP contribution in [0.2, 0.25) is 0 Å². The molecule has 3 nitrogen and oxygen atoms in total. The third-order valence-electron chi connectivity index (χ3n) is 0.985. The van der Waals surface area contributed by atoms with Crippen LogP contribution in [0.4, 0.5) is 0 Å². The molecular formula is C5H7NO2. The van der Waals surface area contributed by atoms with Crippen LogP contribution in [0.5, 0.6) is 0 Å². The van der Waals surface area contributed by atoms with Gasteiger partial charge in [-0.2, -0.15) is 0 Å². The fourth-order valence-corrected chi connectivity index (χ4v) is 0.525. The molecule has 1 aromatic rings. The third-order valence-corrected chi connectivity index (χ3v) is 0.985. The molecule has 0 atom stereocenters. The summed E-state index contributed by atoms with van der Waals surface area (Å²) in [5.41, 5.74) is 0. The molecule has 1 rings (SSSR count). The van der Waals surface area contributed by atoms with Gasteiger partial charge in [-0.25, -0.2) is 4.79 Å². The molecule has 0 spiro atoms. The summed E-state index contributed by atoms with van der Waals surface area (Å²) in [5.74, 6) is -0.285. The number of nitrogens with zero attached hydrogens (tertiary/aromatic N) is 1. The van der Waals surface area contributed by atoms with Crippen molar-refractivity contribution in [3.8, 4) is 0 Å². The monoisotopic (exact) mass is 113 g/mol. The lowest BCUT2D eigenvalue weighted by atomic mass is 10.7. The van der Waals surface area contributed by atoms with Crippen LogP contribution in [0.25, 0.3) is 0 Å². The van der Waals surface area contributed by atoms with Crippen molar-refractivity contribution in [1.29, 1.82) is 0 Å². The molecule has 1 aromatic heterocycles. The molecule has 0 amide bonds. The van der Waals surface area contributed by atoms with Crippen LogP contribution in [0.3, 0.4) is 0 Å². The summed E-state index contributed by atoms with van der Waals surface area (Å²) in [4.78, 5) is 10.4. The molecule has 44 valence electrons. The number of aromatic nitrogens is 1. The summed E-state index contributed by atoms with van der Waals surface area (Å²) in [6.45, 7) is 2.56. The summed E-state index contributed by atoms with van der Waals surface area (Å²) in [6, 6.07) is 0. The molecule has 0 aliphatic carbocycles. The molecule has 0 aliphatic rings. The highest BCUT2D eigenvalue weighted by Crippen LogP contribution is 1.78. The fourth-order valence-electron chi connectivity index (χ4n) is 0.525. The maximum atomic E-state index is 10.4. The predicted octanol–water partition coefficient (Wildman–Crippen LogP) is 0.461. The van der Waals surface area contributed by atoms with Gasteiger partial charge in [0.25, 0.3) is 0 Å². The van der Waals surface area contributed by atoms with E-state index in [1.807, 2.05) is 6.92 Å². The summed E-state index contributed by atoms with van der Waals surface area (Å²) in [6.07, 6.45) is 2.99. The maximum Gasteiger partial charge on any atom is 0.418 e. The minimum absolute atomic E-state index is 0.285. The van der Waals surface area contributed by atoms with E-state index in [4.69, 9.17) is 0 Å². The van der Waals surface area contributed by atoms with Gasteiger partial charge in [0, 0.05) is 12.7 Å². The van der Waals surface area contributed by atoms with Gasteiger partial charge in [-0.15, -0.1) is 0 Å². The van der Waals surface area contributed by atoms with E-state index in [1.165, 1.54) is 10.8 Å². The van der Waals surface area contributed by atoms with Crippen molar-refractivity contribution in [2.24, 2.45) is 0 Å². The van der Waals surface area contributed by atoms with Crippen molar-refractivity contribution in [3.63, 3.8) is 0 Å². The smallest absolute Gasteiger partial charge is 0.416 e. The lowest BCUT2D eigenvalue weighted by molar-refractivity contribution is 0.483. The first-order chi connectivity index (χ1) is 3.84. The highest BCUT2D eigenvalue weighted by Gasteiger charge is 1.89. The van der Waals surface area contributed by atoms with Crippen molar-refractivity contribution < 1.29 is 4.42 Å². The molecule has 0 fully saturated rings. The second kappa shape index (κ2) is 1.86. The second-order valence-electron chi connectivity index (χ2n) is 1.45. The van der Waals surface area contributed by atoms with E-state index < -0.39 is 0 Å². The quantitative estimate of drug-likeness (QED) is 0.530. The molecular weight excluding hydrogens is 106 g/mol. The van der Waals surface area contributed by atoms with Gasteiger partial charge < -0.3 is 4.42 Å². The zero-order valence-corrected chi connectivity index (χ0v) is 4.63. The Morgan fingerprint density at radius 2 is 2.62 bits per heavy atom. The Morgan fingerprint density at radius 3 is 2.88 bits per heavy atom. The standard InChI is InChI=1S/C5H7NO2/c1-2-6-3-4-8-5(6)7/h3-4H,2H2,1H3. The van der Waals surface area contributed by atoms with E-state index >= 15 is 0 Å². The minimum atomic E-state index is -0.285. The molecule has 8 heavy (non-hydrogen) atoms. The van der Waals surface area contributed by atoms with Gasteiger partial charge in [-0.3, -0.25) is 4.57 Å². The average molecular weight is 113 g/mol. The molecule has 0 bridgehead atoms. The third kappa shape index (κ3) is 0.665. The van der Waals surface area contributed by atoms with E-state index in [9.17, 15) is 4.79 Å². The number of aryl methyl sites for hydroxylation is 1. The van der Waals surface area contributed by atoms with E-state index in [-0.39, 0.29) is 5.76 Å². The van der Waals surface area contributed by atoms with Crippen molar-refractivity contribution in [2.45, 2.75) is 13.5 Å². The molecule has 0 aromatic carbocycles. The molecule has 0 N–H and O–H groups in total. The Hall–Kier alpha value is -0.990. The van der Waals surface area contributed by atoms with E-state index in [2.05, 4.69) is 4.42 Å². The lowest BCUT2D eigenvalue weighted by Crippen LogP contribution is -2.10. The Balaban J connectivity index is 3.11. The number of hydrogen-bond donors (Lipinski definition) is 0. The van der Waals surface area contributed by atoms with Crippen molar-refractivity contribution in [1.82, 2.24) is 4.57 Å². The van der Waals surface area contributed by atoms with Gasteiger partial charge >= 0.3 is 5.76 Å². The highest BCUT2D eigenvalue weighted by atomic mass is 16.4. The van der Waals surface area contributed by atoms with Gasteiger partial charge in [-0.05, 0) is 6.92 Å². The van der Waals surface area contributed by atoms with E-state index in [1.54, 1.807) is 6.20 Å². The molecule has 3 heteroatoms. The Morgan fingerprint density at radius 1 is 1.88 bits per heavy atom. The summed E-state index contributed by atoms with van der Waals surface area (Å²) in [5, 5.41) is 0. The maximum absolute atomic E-state index is 10.4. The predicted molar refractivity (Wildman–Crippen MR) is 28.6 cm³/mol. The lowest BCUT2D eigenvalue weighted by Gasteiger charge is -1.85. The zero-order chi connectivity index (χ0) is 5.98. The van der Waals surface area contributed by atoms with Crippen molar-refractivity contribution in [3.05, 3.63) is 23.0 Å². The van der Waals surface area contributed by atoms with Crippen LogP contribution >= 0.6 is 0 Å². The first kappa shape index (κ1) is 5.15. The summed E-state index contributed by atoms with van der Waals surface area (Å²) < 4.78 is 5.95. The Kier molecular flexibility index (Phi) is 1.20. The van der Waals surface area contributed by atoms with Gasteiger partial charge in [0.2, 0.25) is 0 Å². The molecule has 0 radical (unpaired) electrons.